The van der Waals surface area contributed by atoms with E-state index < -0.39 is 8.07 Å². The number of rotatable bonds is 9. The van der Waals surface area contributed by atoms with Crippen molar-refractivity contribution in [3.05, 3.63) is 42.7 Å². The molecule has 4 heterocycles. The summed E-state index contributed by atoms with van der Waals surface area (Å²) in [7, 11) is -1.09. The van der Waals surface area contributed by atoms with Gasteiger partial charge < -0.3 is 15.2 Å². The normalized spacial score (nSPS) is 12.0. The summed E-state index contributed by atoms with van der Waals surface area (Å²) < 4.78 is 13.7. The maximum atomic E-state index is 9.19. The Labute approximate surface area is 179 Å². The molecule has 158 valence electrons. The molecule has 0 saturated carbocycles. The van der Waals surface area contributed by atoms with E-state index in [-0.39, 0.29) is 6.61 Å². The number of fused-ring (bicyclic) bond motifs is 1. The molecule has 0 bridgehead atoms. The lowest BCUT2D eigenvalue weighted by molar-refractivity contribution is 0.0786. The Morgan fingerprint density at radius 1 is 1.23 bits per heavy atom. The molecule has 2 N–H and O–H groups in total. The van der Waals surface area contributed by atoms with Crippen molar-refractivity contribution in [2.45, 2.75) is 39.0 Å². The minimum Gasteiger partial charge on any atom is -0.390 e. The standard InChI is InChI=1S/C19H25N7O2SSi/c1-30(2,3)7-6-28-13-25-11-14(9-22-25)16-10-21-19-18(20-4-5-26(16)19)23-17-8-15(12-27)24-29-17/h4-5,8-11,27H,6-7,12-13H2,1-3H3,(H,20,23). The molecule has 0 radical (unpaired) electrons. The number of ether oxygens (including phenoxy) is 1. The Balaban J connectivity index is 1.49. The number of anilines is 2. The third-order valence-electron chi connectivity index (χ3n) is 4.54. The second-order valence-corrected chi connectivity index (χ2v) is 14.6. The summed E-state index contributed by atoms with van der Waals surface area (Å²) in [6.07, 6.45) is 9.17. The number of nitrogens with zero attached hydrogens (tertiary/aromatic N) is 6. The summed E-state index contributed by atoms with van der Waals surface area (Å²) in [6.45, 7) is 8.13. The van der Waals surface area contributed by atoms with E-state index in [4.69, 9.17) is 4.74 Å². The highest BCUT2D eigenvalue weighted by Gasteiger charge is 2.14. The average Bonchev–Trinajstić information content (AvgIpc) is 3.44. The third kappa shape index (κ3) is 4.75. The number of aliphatic hydroxyl groups excluding tert-OH is 1. The Morgan fingerprint density at radius 3 is 2.87 bits per heavy atom. The summed E-state index contributed by atoms with van der Waals surface area (Å²) in [6, 6.07) is 2.93. The van der Waals surface area contributed by atoms with E-state index in [0.29, 0.717) is 23.9 Å². The highest BCUT2D eigenvalue weighted by molar-refractivity contribution is 7.10. The molecule has 4 aromatic rings. The molecule has 4 rings (SSSR count). The first kappa shape index (κ1) is 20.7. The molecule has 0 saturated heterocycles. The Morgan fingerprint density at radius 2 is 2.10 bits per heavy atom. The zero-order chi connectivity index (χ0) is 21.1. The van der Waals surface area contributed by atoms with E-state index in [9.17, 15) is 5.11 Å². The van der Waals surface area contributed by atoms with Crippen LogP contribution in [0.2, 0.25) is 25.7 Å². The smallest absolute Gasteiger partial charge is 0.180 e. The van der Waals surface area contributed by atoms with Gasteiger partial charge in [0.25, 0.3) is 0 Å². The van der Waals surface area contributed by atoms with Crippen LogP contribution in [0.1, 0.15) is 5.69 Å². The molecule has 0 aliphatic heterocycles. The third-order valence-corrected chi connectivity index (χ3v) is 6.99. The maximum Gasteiger partial charge on any atom is 0.180 e. The van der Waals surface area contributed by atoms with Crippen molar-refractivity contribution < 1.29 is 9.84 Å². The maximum absolute atomic E-state index is 9.19. The molecule has 9 nitrogen and oxygen atoms in total. The Kier molecular flexibility index (Phi) is 5.95. The highest BCUT2D eigenvalue weighted by Crippen LogP contribution is 2.26. The van der Waals surface area contributed by atoms with Crippen LogP contribution >= 0.6 is 11.5 Å². The summed E-state index contributed by atoms with van der Waals surface area (Å²) in [5.41, 5.74) is 3.20. The molecule has 0 spiro atoms. The molecule has 4 aromatic heterocycles. The van der Waals surface area contributed by atoms with Gasteiger partial charge in [0.05, 0.1) is 30.4 Å². The molecule has 0 fully saturated rings. The van der Waals surface area contributed by atoms with Crippen LogP contribution in [0.15, 0.2) is 37.1 Å². The van der Waals surface area contributed by atoms with Crippen molar-refractivity contribution in [1.29, 1.82) is 0 Å². The molecular formula is C19H25N7O2SSi. The van der Waals surface area contributed by atoms with Crippen LogP contribution in [0.25, 0.3) is 16.9 Å². The van der Waals surface area contributed by atoms with Crippen LogP contribution < -0.4 is 5.32 Å². The summed E-state index contributed by atoms with van der Waals surface area (Å²) in [4.78, 5) is 8.94. The van der Waals surface area contributed by atoms with Gasteiger partial charge in [0, 0.05) is 38.8 Å². The number of nitrogens with one attached hydrogen (secondary N) is 1. The first-order valence-corrected chi connectivity index (χ1v) is 14.2. The molecular weight excluding hydrogens is 418 g/mol. The van der Waals surface area contributed by atoms with Crippen molar-refractivity contribution in [1.82, 2.24) is 28.5 Å². The number of aromatic nitrogens is 6. The lowest BCUT2D eigenvalue weighted by Gasteiger charge is -2.15. The number of hydrogen-bond acceptors (Lipinski definition) is 8. The predicted molar refractivity (Wildman–Crippen MR) is 120 cm³/mol. The zero-order valence-corrected chi connectivity index (χ0v) is 19.1. The van der Waals surface area contributed by atoms with Gasteiger partial charge in [-0.3, -0.25) is 4.40 Å². The molecule has 0 atom stereocenters. The van der Waals surface area contributed by atoms with Crippen LogP contribution in [-0.4, -0.2) is 48.3 Å². The van der Waals surface area contributed by atoms with E-state index in [0.717, 1.165) is 28.9 Å². The first-order valence-electron chi connectivity index (χ1n) is 9.69. The van der Waals surface area contributed by atoms with Crippen LogP contribution in [0.5, 0.6) is 0 Å². The van der Waals surface area contributed by atoms with Gasteiger partial charge in [-0.05, 0) is 23.6 Å². The minimum absolute atomic E-state index is 0.0881. The fourth-order valence-electron chi connectivity index (χ4n) is 2.89. The van der Waals surface area contributed by atoms with E-state index in [1.165, 1.54) is 11.5 Å². The van der Waals surface area contributed by atoms with Gasteiger partial charge in [-0.15, -0.1) is 0 Å². The number of aliphatic hydroxyl groups is 1. The highest BCUT2D eigenvalue weighted by atomic mass is 32.1. The largest absolute Gasteiger partial charge is 0.390 e. The number of imidazole rings is 1. The van der Waals surface area contributed by atoms with Gasteiger partial charge in [0.1, 0.15) is 11.7 Å². The van der Waals surface area contributed by atoms with Crippen molar-refractivity contribution in [3.8, 4) is 11.3 Å². The van der Waals surface area contributed by atoms with Crippen LogP contribution in [-0.2, 0) is 18.1 Å². The predicted octanol–water partition coefficient (Wildman–Crippen LogP) is 3.60. The van der Waals surface area contributed by atoms with Gasteiger partial charge in [0.15, 0.2) is 11.5 Å². The lowest BCUT2D eigenvalue weighted by atomic mass is 10.3. The fourth-order valence-corrected chi connectivity index (χ4v) is 4.30. The Hall–Kier alpha value is -2.60. The Bertz CT molecular complexity index is 1130. The van der Waals surface area contributed by atoms with Crippen molar-refractivity contribution in [3.63, 3.8) is 0 Å². The molecule has 11 heteroatoms. The van der Waals surface area contributed by atoms with Gasteiger partial charge in [-0.1, -0.05) is 19.6 Å². The van der Waals surface area contributed by atoms with Gasteiger partial charge in [0.2, 0.25) is 0 Å². The topological polar surface area (TPSA) is 102 Å². The fraction of sp³-hybridized carbons (Fsp3) is 0.368. The average molecular weight is 444 g/mol. The molecule has 0 amide bonds. The van der Waals surface area contributed by atoms with E-state index >= 15 is 0 Å². The van der Waals surface area contributed by atoms with Crippen LogP contribution in [0.4, 0.5) is 10.8 Å². The van der Waals surface area contributed by atoms with E-state index in [1.54, 1.807) is 23.1 Å². The molecule has 30 heavy (non-hydrogen) atoms. The van der Waals surface area contributed by atoms with E-state index in [1.807, 2.05) is 23.0 Å². The van der Waals surface area contributed by atoms with Crippen LogP contribution in [0.3, 0.4) is 0 Å². The summed E-state index contributed by atoms with van der Waals surface area (Å²) in [5, 5.41) is 17.6. The zero-order valence-electron chi connectivity index (χ0n) is 17.2. The summed E-state index contributed by atoms with van der Waals surface area (Å²) >= 11 is 1.27. The monoisotopic (exact) mass is 443 g/mol. The van der Waals surface area contributed by atoms with Crippen molar-refractivity contribution in [2.24, 2.45) is 0 Å². The summed E-state index contributed by atoms with van der Waals surface area (Å²) in [5.74, 6) is 0.624. The van der Waals surface area contributed by atoms with Gasteiger partial charge in [-0.2, -0.15) is 9.47 Å². The SMILES string of the molecule is C[Si](C)(C)CCOCn1cc(-c2cnc3c(Nc4cc(CO)ns4)nccn23)cn1. The quantitative estimate of drug-likeness (QED) is 0.301. The van der Waals surface area contributed by atoms with Crippen molar-refractivity contribution >= 4 is 36.1 Å². The molecule has 0 unspecified atom stereocenters. The van der Waals surface area contributed by atoms with Gasteiger partial charge >= 0.3 is 0 Å². The van der Waals surface area contributed by atoms with Gasteiger partial charge in [-0.25, -0.2) is 14.6 Å². The minimum atomic E-state index is -1.09. The second-order valence-electron chi connectivity index (χ2n) is 8.19. The lowest BCUT2D eigenvalue weighted by Crippen LogP contribution is -2.22. The first-order chi connectivity index (χ1) is 14.4. The van der Waals surface area contributed by atoms with Crippen LogP contribution in [0, 0.1) is 0 Å². The molecule has 0 aliphatic rings. The van der Waals surface area contributed by atoms with Crippen molar-refractivity contribution in [2.75, 3.05) is 11.9 Å². The molecule has 0 aromatic carbocycles. The number of hydrogen-bond donors (Lipinski definition) is 2. The molecule has 0 aliphatic carbocycles. The second kappa shape index (κ2) is 8.64. The van der Waals surface area contributed by atoms with E-state index in [2.05, 4.69) is 44.4 Å².